The van der Waals surface area contributed by atoms with Gasteiger partial charge in [0, 0.05) is 20.2 Å². The van der Waals surface area contributed by atoms with Gasteiger partial charge in [0.25, 0.3) is 0 Å². The van der Waals surface area contributed by atoms with E-state index in [1.807, 2.05) is 0 Å². The summed E-state index contributed by atoms with van der Waals surface area (Å²) >= 11 is 0. The van der Waals surface area contributed by atoms with E-state index in [4.69, 9.17) is 37.9 Å². The molecule has 0 spiro atoms. The van der Waals surface area contributed by atoms with E-state index in [9.17, 15) is 9.59 Å². The van der Waals surface area contributed by atoms with Gasteiger partial charge in [-0.1, -0.05) is 24.3 Å². The summed E-state index contributed by atoms with van der Waals surface area (Å²) in [6, 6.07) is 11.6. The Morgan fingerprint density at radius 3 is 1.07 bits per heavy atom. The molecule has 4 N–H and O–H groups in total. The van der Waals surface area contributed by atoms with Crippen LogP contribution in [0.4, 0.5) is 0 Å². The third kappa shape index (κ3) is 12.7. The number of carboxylic acids is 2. The van der Waals surface area contributed by atoms with Crippen molar-refractivity contribution in [2.75, 3.05) is 0 Å². The first-order valence-corrected chi connectivity index (χ1v) is 8.96. The summed E-state index contributed by atoms with van der Waals surface area (Å²) in [5, 5.41) is 34.6. The predicted molar refractivity (Wildman–Crippen MR) is 88.0 cm³/mol. The first kappa shape index (κ1) is 31.1. The maximum absolute atomic E-state index is 10.3. The normalized spacial score (nSPS) is 10.8. The Labute approximate surface area is 187 Å². The fourth-order valence-electron chi connectivity index (χ4n) is 1.31. The number of aromatic hydroxyl groups is 2. The molecular weight excluding hydrogens is 406 g/mol. The summed E-state index contributed by atoms with van der Waals surface area (Å²) in [7, 11) is -5.90. The topological polar surface area (TPSA) is 195 Å². The van der Waals surface area contributed by atoms with Gasteiger partial charge >= 0.3 is 49.7 Å². The fraction of sp³-hybridized carbons (Fsp3) is 0. The second-order valence-corrected chi connectivity index (χ2v) is 6.50. The summed E-state index contributed by atoms with van der Waals surface area (Å²) < 4.78 is 36.3. The number of para-hydroxylation sites is 2. The van der Waals surface area contributed by atoms with E-state index >= 15 is 0 Å². The molecule has 0 aliphatic carbocycles. The van der Waals surface area contributed by atoms with Gasteiger partial charge in [-0.15, -0.1) is 0 Å². The van der Waals surface area contributed by atoms with Crippen LogP contribution in [0.1, 0.15) is 20.7 Å². The van der Waals surface area contributed by atoms with E-state index in [0.29, 0.717) is 0 Å². The Morgan fingerprint density at radius 1 is 0.679 bits per heavy atom. The molecule has 0 saturated heterocycles. The van der Waals surface area contributed by atoms with Gasteiger partial charge in [-0.3, -0.25) is 8.42 Å². The number of benzene rings is 2. The number of hydrogen-bond donors (Lipinski definition) is 4. The number of hydrogen-bond acceptors (Lipinski definition) is 8. The Bertz CT molecular complexity index is 749. The van der Waals surface area contributed by atoms with E-state index in [0.717, 1.165) is 0 Å². The molecule has 0 saturated carbocycles. The molecule has 2 atom stereocenters. The summed E-state index contributed by atoms with van der Waals surface area (Å²) in [6.45, 7) is 0. The first-order chi connectivity index (χ1) is 12.1. The molecule has 0 bridgehead atoms. The molecule has 28 heavy (non-hydrogen) atoms. The number of phenols is 2. The molecule has 2 aromatic rings. The zero-order valence-electron chi connectivity index (χ0n) is 14.7. The third-order valence-electron chi connectivity index (χ3n) is 2.38. The number of rotatable bonds is 3. The minimum absolute atomic E-state index is 0. The maximum atomic E-state index is 10.3. The van der Waals surface area contributed by atoms with Crippen molar-refractivity contribution in [2.45, 2.75) is 0 Å². The van der Waals surface area contributed by atoms with Crippen LogP contribution in [0.3, 0.4) is 0 Å². The van der Waals surface area contributed by atoms with Crippen LogP contribution in [0, 0.1) is 0 Å². The molecule has 0 fully saturated rings. The van der Waals surface area contributed by atoms with Gasteiger partial charge in [0.2, 0.25) is 0 Å². The first-order valence-electron chi connectivity index (χ1n) is 6.29. The predicted octanol–water partition coefficient (Wildman–Crippen LogP) is -5.15. The number of carbonyl (C=O) groups is 2. The Balaban J connectivity index is -0.000000335. The van der Waals surface area contributed by atoms with Crippen LogP contribution in [0.5, 0.6) is 11.5 Å². The van der Waals surface area contributed by atoms with Crippen molar-refractivity contribution in [3.8, 4) is 11.5 Å². The summed E-state index contributed by atoms with van der Waals surface area (Å²) in [4.78, 5) is 20.5. The maximum Gasteiger partial charge on any atom is 1.00 e. The van der Waals surface area contributed by atoms with Crippen molar-refractivity contribution < 1.29 is 85.3 Å². The minimum Gasteiger partial charge on any atom is -0.763 e. The van der Waals surface area contributed by atoms with Crippen molar-refractivity contribution in [3.05, 3.63) is 59.7 Å². The van der Waals surface area contributed by atoms with Crippen molar-refractivity contribution in [1.82, 2.24) is 0 Å². The van der Waals surface area contributed by atoms with Gasteiger partial charge in [-0.05, 0) is 24.3 Å². The van der Waals surface area contributed by atoms with Crippen molar-refractivity contribution >= 4 is 32.2 Å². The molecule has 0 aromatic heterocycles. The second-order valence-electron chi connectivity index (χ2n) is 4.05. The quantitative estimate of drug-likeness (QED) is 0.213. The minimum atomic E-state index is -2.95. The smallest absolute Gasteiger partial charge is 0.763 e. The Kier molecular flexibility index (Phi) is 18.2. The average Bonchev–Trinajstić information content (AvgIpc) is 2.56. The molecule has 0 amide bonds. The molecule has 14 heteroatoms. The molecule has 0 heterocycles. The van der Waals surface area contributed by atoms with Crippen LogP contribution in [-0.4, -0.2) is 49.9 Å². The van der Waals surface area contributed by atoms with E-state index in [2.05, 4.69) is 0 Å². The van der Waals surface area contributed by atoms with Gasteiger partial charge in [0.1, 0.15) is 22.6 Å². The van der Waals surface area contributed by atoms with E-state index < -0.39 is 32.2 Å². The number of aromatic carboxylic acids is 2. The van der Waals surface area contributed by atoms with Gasteiger partial charge < -0.3 is 29.5 Å². The van der Waals surface area contributed by atoms with Crippen molar-refractivity contribution in [2.24, 2.45) is 0 Å². The van der Waals surface area contributed by atoms with Crippen molar-refractivity contribution in [1.29, 1.82) is 0 Å². The molecule has 10 nitrogen and oxygen atoms in total. The molecule has 2 aromatic carbocycles. The van der Waals surface area contributed by atoms with E-state index in [1.165, 1.54) is 24.3 Å². The van der Waals surface area contributed by atoms with E-state index in [-0.39, 0.29) is 60.3 Å². The van der Waals surface area contributed by atoms with Crippen LogP contribution < -0.4 is 37.7 Å². The van der Waals surface area contributed by atoms with Gasteiger partial charge in [-0.25, -0.2) is 9.59 Å². The summed E-state index contributed by atoms with van der Waals surface area (Å²) in [5.41, 5.74) is -0.134. The third-order valence-corrected chi connectivity index (χ3v) is 3.27. The van der Waals surface area contributed by atoms with Crippen LogP contribution in [0.2, 0.25) is 0 Å². The molecule has 0 aliphatic rings. The largest absolute Gasteiger partial charge is 1.00 e. The average molecular weight is 418 g/mol. The number of carboxylic acid groups (broad SMARTS) is 2. The van der Waals surface area contributed by atoms with Crippen molar-refractivity contribution in [3.63, 3.8) is 0 Å². The summed E-state index contributed by atoms with van der Waals surface area (Å²) in [5.74, 6) is -2.62. The van der Waals surface area contributed by atoms with Crippen LogP contribution >= 0.6 is 0 Å². The monoisotopic (exact) mass is 418 g/mol. The van der Waals surface area contributed by atoms with Gasteiger partial charge in [0.15, 0.2) is 0 Å². The van der Waals surface area contributed by atoms with E-state index in [1.54, 1.807) is 24.3 Å². The van der Waals surface area contributed by atoms with Gasteiger partial charge in [0.05, 0.1) is 0 Å². The van der Waals surface area contributed by atoms with Crippen LogP contribution in [0.15, 0.2) is 48.5 Å². The molecule has 142 valence electrons. The van der Waals surface area contributed by atoms with Crippen LogP contribution in [-0.2, 0) is 20.2 Å². The molecular formula is C14H12Li2O10S2. The second kappa shape index (κ2) is 16.4. The zero-order valence-corrected chi connectivity index (χ0v) is 16.3. The van der Waals surface area contributed by atoms with Gasteiger partial charge in [-0.2, -0.15) is 0 Å². The molecule has 0 radical (unpaired) electrons. The SMILES string of the molecule is O=C(O)c1ccccc1O.O=C(O)c1ccccc1O.O=S([O-])S(=O)[O-].[Li+].[Li+]. The standard InChI is InChI=1S/2C7H6O3.2Li.H2O4S2/c2*8-6-4-2-1-3-5(6)7(9)10;;;1-5(2)6(3)4/h2*1-4,8H,(H,9,10);;;(H,1,2)(H,3,4)/q;;2*+1;/p-2. The molecule has 2 rings (SSSR count). The van der Waals surface area contributed by atoms with Crippen LogP contribution in [0.25, 0.3) is 0 Å². The fourth-order valence-corrected chi connectivity index (χ4v) is 1.31. The summed E-state index contributed by atoms with van der Waals surface area (Å²) in [6.07, 6.45) is 0. The Hall–Kier alpha value is -1.61. The zero-order chi connectivity index (χ0) is 20.3. The molecule has 2 unspecified atom stereocenters. The molecule has 0 aliphatic heterocycles. The Morgan fingerprint density at radius 2 is 0.929 bits per heavy atom.